The highest BCUT2D eigenvalue weighted by atomic mass is 35.5. The smallest absolute Gasteiger partial charge is 0.345 e. The van der Waals surface area contributed by atoms with E-state index in [0.717, 1.165) is 0 Å². The lowest BCUT2D eigenvalue weighted by atomic mass is 10.00. The van der Waals surface area contributed by atoms with Crippen LogP contribution in [0, 0.1) is 5.92 Å². The van der Waals surface area contributed by atoms with E-state index >= 15 is 0 Å². The minimum absolute atomic E-state index is 0. The lowest BCUT2D eigenvalue weighted by Crippen LogP contribution is -2.55. The molecule has 0 aliphatic rings. The van der Waals surface area contributed by atoms with Gasteiger partial charge >= 0.3 is 12.6 Å². The lowest BCUT2D eigenvalue weighted by molar-refractivity contribution is -0.179. The molecule has 1 aromatic carbocycles. The first-order chi connectivity index (χ1) is 11.7. The second-order valence-corrected chi connectivity index (χ2v) is 6.19. The molecule has 26 heavy (non-hydrogen) atoms. The molecule has 0 aliphatic carbocycles. The van der Waals surface area contributed by atoms with Crippen LogP contribution in [0.4, 0.5) is 8.78 Å². The molecule has 0 radical (unpaired) electrons. The van der Waals surface area contributed by atoms with Crippen LogP contribution < -0.4 is 11.1 Å². The van der Waals surface area contributed by atoms with E-state index in [1.807, 2.05) is 13.8 Å². The summed E-state index contributed by atoms with van der Waals surface area (Å²) in [5.41, 5.74) is 6.34. The molecule has 148 valence electrons. The second-order valence-electron chi connectivity index (χ2n) is 6.19. The quantitative estimate of drug-likeness (QED) is 0.564. The number of amides is 1. The van der Waals surface area contributed by atoms with E-state index in [0.29, 0.717) is 12.0 Å². The van der Waals surface area contributed by atoms with Gasteiger partial charge in [0, 0.05) is 6.42 Å². The Hall–Kier alpha value is -1.77. The number of carbonyl (C=O) groups is 2. The van der Waals surface area contributed by atoms with E-state index in [9.17, 15) is 23.5 Å². The Kier molecular flexibility index (Phi) is 11.0. The molecule has 6 nitrogen and oxygen atoms in total. The van der Waals surface area contributed by atoms with Gasteiger partial charge < -0.3 is 20.9 Å². The van der Waals surface area contributed by atoms with Gasteiger partial charge in [-0.15, -0.1) is 12.4 Å². The average molecular weight is 395 g/mol. The third-order valence-electron chi connectivity index (χ3n) is 3.56. The van der Waals surface area contributed by atoms with Crippen LogP contribution in [0.5, 0.6) is 0 Å². The minimum Gasteiger partial charge on any atom is -0.480 e. The molecule has 9 heteroatoms. The number of rotatable bonds is 10. The van der Waals surface area contributed by atoms with Crippen molar-refractivity contribution >= 4 is 24.3 Å². The zero-order valence-electron chi connectivity index (χ0n) is 14.6. The Bertz CT molecular complexity index is 561. The highest BCUT2D eigenvalue weighted by Gasteiger charge is 2.34. The van der Waals surface area contributed by atoms with Gasteiger partial charge in [0.1, 0.15) is 0 Å². The van der Waals surface area contributed by atoms with E-state index in [-0.39, 0.29) is 24.7 Å². The van der Waals surface area contributed by atoms with Crippen LogP contribution in [-0.2, 0) is 20.7 Å². The third-order valence-corrected chi connectivity index (χ3v) is 3.56. The number of aliphatic carboxylic acids is 1. The summed E-state index contributed by atoms with van der Waals surface area (Å²) in [4.78, 5) is 23.6. The maximum absolute atomic E-state index is 12.7. The maximum atomic E-state index is 12.7. The number of ether oxygens (including phenoxy) is 1. The predicted molar refractivity (Wildman–Crippen MR) is 95.3 cm³/mol. The van der Waals surface area contributed by atoms with Crippen LogP contribution in [0.3, 0.4) is 0 Å². The van der Waals surface area contributed by atoms with E-state index in [1.54, 1.807) is 30.3 Å². The number of nitrogens with two attached hydrogens (primary N) is 1. The van der Waals surface area contributed by atoms with Gasteiger partial charge in [-0.1, -0.05) is 44.2 Å². The number of halogens is 3. The van der Waals surface area contributed by atoms with Gasteiger partial charge in [-0.25, -0.2) is 4.79 Å². The van der Waals surface area contributed by atoms with Crippen LogP contribution in [0.1, 0.15) is 25.8 Å². The van der Waals surface area contributed by atoms with Crippen LogP contribution in [-0.4, -0.2) is 41.8 Å². The molecule has 0 aromatic heterocycles. The summed E-state index contributed by atoms with van der Waals surface area (Å²) in [5, 5.41) is 11.6. The highest BCUT2D eigenvalue weighted by molar-refractivity contribution is 5.87. The van der Waals surface area contributed by atoms with E-state index in [1.165, 1.54) is 0 Å². The second kappa shape index (κ2) is 11.8. The van der Waals surface area contributed by atoms with E-state index in [4.69, 9.17) is 5.73 Å². The first kappa shape index (κ1) is 24.2. The molecule has 1 amide bonds. The largest absolute Gasteiger partial charge is 0.480 e. The number of carbonyl (C=O) groups excluding carboxylic acids is 1. The van der Waals surface area contributed by atoms with Crippen LogP contribution in [0.15, 0.2) is 30.3 Å². The van der Waals surface area contributed by atoms with Crippen molar-refractivity contribution in [1.29, 1.82) is 0 Å². The molecule has 0 fully saturated rings. The fourth-order valence-electron chi connectivity index (χ4n) is 2.41. The fourth-order valence-corrected chi connectivity index (χ4v) is 2.41. The topological polar surface area (TPSA) is 102 Å². The van der Waals surface area contributed by atoms with E-state index < -0.39 is 36.7 Å². The van der Waals surface area contributed by atoms with E-state index in [2.05, 4.69) is 10.1 Å². The zero-order chi connectivity index (χ0) is 19.0. The van der Waals surface area contributed by atoms with Gasteiger partial charge in [0.05, 0.1) is 12.1 Å². The van der Waals surface area contributed by atoms with Crippen LogP contribution in [0.2, 0.25) is 0 Å². The molecule has 1 unspecified atom stereocenters. The van der Waals surface area contributed by atoms with Gasteiger partial charge in [-0.3, -0.25) is 4.79 Å². The highest BCUT2D eigenvalue weighted by Crippen LogP contribution is 2.14. The molecule has 0 aliphatic heterocycles. The molecule has 0 saturated heterocycles. The Morgan fingerprint density at radius 2 is 1.81 bits per heavy atom. The molecule has 0 spiro atoms. The predicted octanol–water partition coefficient (Wildman–Crippen LogP) is 2.20. The first-order valence-corrected chi connectivity index (χ1v) is 7.97. The monoisotopic (exact) mass is 394 g/mol. The van der Waals surface area contributed by atoms with Gasteiger partial charge in [0.25, 0.3) is 0 Å². The molecular formula is C17H25ClF2N2O4. The van der Waals surface area contributed by atoms with Crippen molar-refractivity contribution in [2.45, 2.75) is 51.5 Å². The number of nitrogens with one attached hydrogen (secondary N) is 1. The number of hydrogen-bond acceptors (Lipinski definition) is 4. The number of carboxylic acid groups (broad SMARTS) is 1. The summed E-state index contributed by atoms with van der Waals surface area (Å²) >= 11 is 0. The summed E-state index contributed by atoms with van der Waals surface area (Å²) in [6, 6.07) is 5.89. The summed E-state index contributed by atoms with van der Waals surface area (Å²) in [6.07, 6.45) is -1.19. The summed E-state index contributed by atoms with van der Waals surface area (Å²) < 4.78 is 29.9. The average Bonchev–Trinajstić information content (AvgIpc) is 2.51. The van der Waals surface area contributed by atoms with Crippen molar-refractivity contribution in [1.82, 2.24) is 5.32 Å². The maximum Gasteiger partial charge on any atom is 0.345 e. The van der Waals surface area contributed by atoms with Gasteiger partial charge in [0.2, 0.25) is 5.91 Å². The molecule has 0 bridgehead atoms. The molecular weight excluding hydrogens is 370 g/mol. The molecule has 4 N–H and O–H groups in total. The lowest BCUT2D eigenvalue weighted by Gasteiger charge is -2.26. The normalized spacial score (nSPS) is 14.4. The number of benzene rings is 1. The standard InChI is InChI=1S/C17H24F2N2O4.ClH/c1-10(2)8-12(20)15(22)21-14(16(23)24)13(25-17(18)19)9-11-6-4-3-5-7-11;/h3-7,10,12-14,17H,8-9,20H2,1-2H3,(H,21,22)(H,23,24);1H/t12-,13?,14-;/m0./s1. The van der Waals surface area contributed by atoms with Crippen molar-refractivity contribution in [3.05, 3.63) is 35.9 Å². The summed E-state index contributed by atoms with van der Waals surface area (Å²) in [6.45, 7) is 0.552. The molecule has 0 heterocycles. The van der Waals surface area contributed by atoms with Gasteiger partial charge in [-0.05, 0) is 17.9 Å². The van der Waals surface area contributed by atoms with Crippen molar-refractivity contribution in [3.8, 4) is 0 Å². The molecule has 1 aromatic rings. The Labute approximate surface area is 157 Å². The number of hydrogen-bond donors (Lipinski definition) is 3. The minimum atomic E-state index is -3.17. The molecule has 0 saturated carbocycles. The molecule has 3 atom stereocenters. The Balaban J connectivity index is 0.00000625. The number of carboxylic acids is 1. The third kappa shape index (κ3) is 8.55. The van der Waals surface area contributed by atoms with Crippen molar-refractivity contribution in [3.63, 3.8) is 0 Å². The fraction of sp³-hybridized carbons (Fsp3) is 0.529. The van der Waals surface area contributed by atoms with Gasteiger partial charge in [-0.2, -0.15) is 8.78 Å². The Morgan fingerprint density at radius 3 is 2.27 bits per heavy atom. The Morgan fingerprint density at radius 1 is 1.23 bits per heavy atom. The molecule has 1 rings (SSSR count). The SMILES string of the molecule is CC(C)C[C@H](N)C(=O)N[C@H](C(=O)O)C(Cc1ccccc1)OC(F)F.Cl. The summed E-state index contributed by atoms with van der Waals surface area (Å²) in [7, 11) is 0. The van der Waals surface area contributed by atoms with Crippen LogP contribution >= 0.6 is 12.4 Å². The van der Waals surface area contributed by atoms with Gasteiger partial charge in [0.15, 0.2) is 6.04 Å². The zero-order valence-corrected chi connectivity index (χ0v) is 15.4. The van der Waals surface area contributed by atoms with Crippen molar-refractivity contribution < 1.29 is 28.2 Å². The summed E-state index contributed by atoms with van der Waals surface area (Å²) in [5.74, 6) is -2.05. The van der Waals surface area contributed by atoms with Crippen molar-refractivity contribution in [2.75, 3.05) is 0 Å². The van der Waals surface area contributed by atoms with Crippen molar-refractivity contribution in [2.24, 2.45) is 11.7 Å². The first-order valence-electron chi connectivity index (χ1n) is 7.97. The number of alkyl halides is 2. The van der Waals surface area contributed by atoms with Crippen LogP contribution in [0.25, 0.3) is 0 Å².